The Bertz CT molecular complexity index is 1220. The van der Waals surface area contributed by atoms with Crippen molar-refractivity contribution in [1.82, 2.24) is 9.97 Å². The van der Waals surface area contributed by atoms with Gasteiger partial charge in [-0.15, -0.1) is 0 Å². The Morgan fingerprint density at radius 2 is 1.94 bits per heavy atom. The fourth-order valence-corrected chi connectivity index (χ4v) is 4.67. The van der Waals surface area contributed by atoms with Gasteiger partial charge in [-0.05, 0) is 61.1 Å². The van der Waals surface area contributed by atoms with Gasteiger partial charge in [0.2, 0.25) is 5.91 Å². The van der Waals surface area contributed by atoms with Crippen LogP contribution in [0, 0.1) is 11.3 Å². The van der Waals surface area contributed by atoms with Crippen molar-refractivity contribution in [2.45, 2.75) is 36.9 Å². The van der Waals surface area contributed by atoms with E-state index in [4.69, 9.17) is 0 Å². The van der Waals surface area contributed by atoms with E-state index < -0.39 is 11.7 Å². The molecule has 0 aliphatic heterocycles. The van der Waals surface area contributed by atoms with E-state index >= 15 is 0 Å². The first-order chi connectivity index (χ1) is 15.9. The molecule has 4 rings (SSSR count). The standard InChI is InChI=1S/C24H19F3N4OS/c25-24(26,27)16-6-3-5-15(11-16)22-19-9-2-1-8-18(19)20(12-28)23(31-22)33-14-21(32)30-17-7-4-10-29-13-17/h3-7,10-11,13H,1-2,8-9,14H2,(H,30,32). The summed E-state index contributed by atoms with van der Waals surface area (Å²) in [5.41, 5.74) is 2.65. The van der Waals surface area contributed by atoms with Crippen molar-refractivity contribution in [2.75, 3.05) is 11.1 Å². The number of alkyl halides is 3. The van der Waals surface area contributed by atoms with Crippen LogP contribution in [-0.4, -0.2) is 21.6 Å². The number of carbonyl (C=O) groups excluding carboxylic acids is 1. The number of thioether (sulfide) groups is 1. The minimum Gasteiger partial charge on any atom is -0.324 e. The second-order valence-electron chi connectivity index (χ2n) is 7.57. The zero-order chi connectivity index (χ0) is 23.4. The number of pyridine rings is 2. The van der Waals surface area contributed by atoms with Gasteiger partial charge >= 0.3 is 6.18 Å². The van der Waals surface area contributed by atoms with Gasteiger partial charge in [0.05, 0.1) is 34.5 Å². The number of amides is 1. The average Bonchev–Trinajstić information content (AvgIpc) is 2.82. The maximum absolute atomic E-state index is 13.3. The molecule has 0 fully saturated rings. The normalized spacial score (nSPS) is 13.2. The number of halogens is 3. The lowest BCUT2D eigenvalue weighted by Crippen LogP contribution is -2.15. The molecule has 2 aromatic heterocycles. The lowest BCUT2D eigenvalue weighted by molar-refractivity contribution is -0.137. The van der Waals surface area contributed by atoms with E-state index in [1.165, 1.54) is 12.3 Å². The maximum Gasteiger partial charge on any atom is 0.416 e. The van der Waals surface area contributed by atoms with Gasteiger partial charge in [0.15, 0.2) is 0 Å². The number of anilines is 1. The predicted octanol–water partition coefficient (Wildman–Crippen LogP) is 5.64. The maximum atomic E-state index is 13.3. The molecule has 0 radical (unpaired) electrons. The third-order valence-electron chi connectivity index (χ3n) is 5.34. The van der Waals surface area contributed by atoms with Crippen molar-refractivity contribution in [3.8, 4) is 17.3 Å². The molecule has 1 aliphatic rings. The van der Waals surface area contributed by atoms with Crippen molar-refractivity contribution in [3.05, 3.63) is 71.0 Å². The third kappa shape index (κ3) is 5.17. The molecule has 0 spiro atoms. The highest BCUT2D eigenvalue weighted by Gasteiger charge is 2.31. The van der Waals surface area contributed by atoms with Crippen LogP contribution in [0.3, 0.4) is 0 Å². The van der Waals surface area contributed by atoms with E-state index in [0.29, 0.717) is 40.4 Å². The number of benzene rings is 1. The van der Waals surface area contributed by atoms with Gasteiger partial charge in [-0.25, -0.2) is 4.98 Å². The van der Waals surface area contributed by atoms with E-state index in [2.05, 4.69) is 21.4 Å². The molecule has 0 bridgehead atoms. The summed E-state index contributed by atoms with van der Waals surface area (Å²) in [6, 6.07) is 10.7. The van der Waals surface area contributed by atoms with Crippen LogP contribution in [0.1, 0.15) is 35.1 Å². The molecule has 168 valence electrons. The first-order valence-corrected chi connectivity index (χ1v) is 11.3. The number of nitrogens with zero attached hydrogens (tertiary/aromatic N) is 3. The highest BCUT2D eigenvalue weighted by molar-refractivity contribution is 8.00. The molecule has 1 N–H and O–H groups in total. The Balaban J connectivity index is 1.69. The summed E-state index contributed by atoms with van der Waals surface area (Å²) in [4.78, 5) is 20.9. The topological polar surface area (TPSA) is 78.7 Å². The monoisotopic (exact) mass is 468 g/mol. The molecule has 0 unspecified atom stereocenters. The first kappa shape index (κ1) is 22.8. The Hall–Kier alpha value is -3.38. The van der Waals surface area contributed by atoms with Crippen LogP contribution in [0.15, 0.2) is 53.8 Å². The van der Waals surface area contributed by atoms with Crippen molar-refractivity contribution in [2.24, 2.45) is 0 Å². The molecule has 1 aliphatic carbocycles. The quantitative estimate of drug-likeness (QED) is 0.490. The molecule has 0 atom stereocenters. The molecule has 1 aromatic carbocycles. The molecule has 2 heterocycles. The molecule has 5 nitrogen and oxygen atoms in total. The van der Waals surface area contributed by atoms with E-state index in [1.807, 2.05) is 0 Å². The van der Waals surface area contributed by atoms with Gasteiger partial charge in [0.25, 0.3) is 0 Å². The minimum atomic E-state index is -4.47. The van der Waals surface area contributed by atoms with Crippen molar-refractivity contribution >= 4 is 23.4 Å². The molecule has 0 saturated carbocycles. The Morgan fingerprint density at radius 1 is 1.15 bits per heavy atom. The summed E-state index contributed by atoms with van der Waals surface area (Å²) in [5, 5.41) is 12.9. The van der Waals surface area contributed by atoms with Crippen molar-refractivity contribution in [1.29, 1.82) is 5.26 Å². The lowest BCUT2D eigenvalue weighted by Gasteiger charge is -2.22. The number of nitriles is 1. The highest BCUT2D eigenvalue weighted by Crippen LogP contribution is 2.38. The van der Waals surface area contributed by atoms with Gasteiger partial charge in [-0.3, -0.25) is 9.78 Å². The summed E-state index contributed by atoms with van der Waals surface area (Å²) in [5.74, 6) is -0.297. The summed E-state index contributed by atoms with van der Waals surface area (Å²) >= 11 is 1.10. The van der Waals surface area contributed by atoms with E-state index in [0.717, 1.165) is 47.9 Å². The number of hydrogen-bond acceptors (Lipinski definition) is 5. The fraction of sp³-hybridized carbons (Fsp3) is 0.250. The van der Waals surface area contributed by atoms with Gasteiger partial charge in [-0.1, -0.05) is 23.9 Å². The molecule has 33 heavy (non-hydrogen) atoms. The summed E-state index contributed by atoms with van der Waals surface area (Å²) < 4.78 is 39.9. The summed E-state index contributed by atoms with van der Waals surface area (Å²) in [6.45, 7) is 0. The summed E-state index contributed by atoms with van der Waals surface area (Å²) in [6.07, 6.45) is 1.72. The number of carbonyl (C=O) groups is 1. The molecule has 1 amide bonds. The van der Waals surface area contributed by atoms with Crippen LogP contribution in [0.4, 0.5) is 18.9 Å². The van der Waals surface area contributed by atoms with E-state index in [9.17, 15) is 23.2 Å². The SMILES string of the molecule is N#Cc1c(SCC(=O)Nc2cccnc2)nc(-c2cccc(C(F)(F)F)c2)c2c1CCCC2. The number of nitrogens with one attached hydrogen (secondary N) is 1. The van der Waals surface area contributed by atoms with Crippen LogP contribution in [0.5, 0.6) is 0 Å². The minimum absolute atomic E-state index is 0.00259. The fourth-order valence-electron chi connectivity index (χ4n) is 3.87. The average molecular weight is 469 g/mol. The molecule has 0 saturated heterocycles. The molecular formula is C24H19F3N4OS. The highest BCUT2D eigenvalue weighted by atomic mass is 32.2. The molecule has 3 aromatic rings. The second-order valence-corrected chi connectivity index (χ2v) is 8.54. The number of hydrogen-bond donors (Lipinski definition) is 1. The van der Waals surface area contributed by atoms with Crippen LogP contribution < -0.4 is 5.32 Å². The zero-order valence-corrected chi connectivity index (χ0v) is 18.3. The largest absolute Gasteiger partial charge is 0.416 e. The Labute approximate surface area is 193 Å². The van der Waals surface area contributed by atoms with E-state index in [1.54, 1.807) is 24.4 Å². The number of rotatable bonds is 5. The smallest absolute Gasteiger partial charge is 0.324 e. The van der Waals surface area contributed by atoms with Gasteiger partial charge < -0.3 is 5.32 Å². The molecular weight excluding hydrogens is 449 g/mol. The Kier molecular flexibility index (Phi) is 6.65. The van der Waals surface area contributed by atoms with Crippen molar-refractivity contribution in [3.63, 3.8) is 0 Å². The number of fused-ring (bicyclic) bond motifs is 1. The lowest BCUT2D eigenvalue weighted by atomic mass is 9.86. The van der Waals surface area contributed by atoms with Crippen LogP contribution in [-0.2, 0) is 23.8 Å². The van der Waals surface area contributed by atoms with Crippen LogP contribution in [0.2, 0.25) is 0 Å². The van der Waals surface area contributed by atoms with E-state index in [-0.39, 0.29) is 11.7 Å². The summed E-state index contributed by atoms with van der Waals surface area (Å²) in [7, 11) is 0. The Morgan fingerprint density at radius 3 is 2.64 bits per heavy atom. The molecule has 9 heteroatoms. The van der Waals surface area contributed by atoms with Crippen molar-refractivity contribution < 1.29 is 18.0 Å². The van der Waals surface area contributed by atoms with Gasteiger partial charge in [0, 0.05) is 11.8 Å². The van der Waals surface area contributed by atoms with Crippen LogP contribution in [0.25, 0.3) is 11.3 Å². The van der Waals surface area contributed by atoms with Gasteiger partial charge in [-0.2, -0.15) is 18.4 Å². The zero-order valence-electron chi connectivity index (χ0n) is 17.4. The first-order valence-electron chi connectivity index (χ1n) is 10.3. The second kappa shape index (κ2) is 9.63. The van der Waals surface area contributed by atoms with Gasteiger partial charge in [0.1, 0.15) is 11.1 Å². The number of aromatic nitrogens is 2. The van der Waals surface area contributed by atoms with Crippen LogP contribution >= 0.6 is 11.8 Å². The predicted molar refractivity (Wildman–Crippen MR) is 120 cm³/mol. The third-order valence-corrected chi connectivity index (χ3v) is 6.32.